The van der Waals surface area contributed by atoms with Crippen molar-refractivity contribution in [2.45, 2.75) is 43.6 Å². The summed E-state index contributed by atoms with van der Waals surface area (Å²) in [5.41, 5.74) is 1.59. The van der Waals surface area contributed by atoms with Crippen LogP contribution in [0.1, 0.15) is 37.0 Å². The molecule has 0 spiro atoms. The highest BCUT2D eigenvalue weighted by molar-refractivity contribution is 7.98. The van der Waals surface area contributed by atoms with Gasteiger partial charge < -0.3 is 9.26 Å². The normalized spacial score (nSPS) is 11.2. The fraction of sp³-hybridized carbons (Fsp3) is 0.304. The van der Waals surface area contributed by atoms with E-state index < -0.39 is 0 Å². The summed E-state index contributed by atoms with van der Waals surface area (Å²) in [4.78, 5) is 22.4. The average molecular weight is 437 g/mol. The van der Waals surface area contributed by atoms with Crippen LogP contribution in [0.5, 0.6) is 5.75 Å². The van der Waals surface area contributed by atoms with Gasteiger partial charge in [-0.15, -0.1) is 0 Å². The number of rotatable bonds is 9. The highest BCUT2D eigenvalue weighted by atomic mass is 32.2. The first-order valence-electron chi connectivity index (χ1n) is 10.2. The number of hydrogen-bond acceptors (Lipinski definition) is 7. The maximum absolute atomic E-state index is 13.2. The summed E-state index contributed by atoms with van der Waals surface area (Å²) >= 11 is 1.42. The predicted molar refractivity (Wildman–Crippen MR) is 121 cm³/mol. The molecule has 0 radical (unpaired) electrons. The van der Waals surface area contributed by atoms with Crippen LogP contribution in [0.25, 0.3) is 10.9 Å². The molecule has 4 aromatic rings. The fourth-order valence-electron chi connectivity index (χ4n) is 3.22. The van der Waals surface area contributed by atoms with Crippen molar-refractivity contribution in [3.63, 3.8) is 0 Å². The molecular weight excluding hydrogens is 412 g/mol. The minimum atomic E-state index is -0.0712. The number of benzene rings is 2. The molecule has 7 nitrogen and oxygen atoms in total. The lowest BCUT2D eigenvalue weighted by molar-refractivity contribution is 0.384. The Labute approximate surface area is 184 Å². The Morgan fingerprint density at radius 3 is 2.68 bits per heavy atom. The van der Waals surface area contributed by atoms with E-state index in [-0.39, 0.29) is 5.56 Å². The van der Waals surface area contributed by atoms with Gasteiger partial charge in [0, 0.05) is 6.42 Å². The molecule has 8 heteroatoms. The average Bonchev–Trinajstić information content (AvgIpc) is 3.26. The van der Waals surface area contributed by atoms with Gasteiger partial charge in [0.05, 0.1) is 30.3 Å². The monoisotopic (exact) mass is 436 g/mol. The zero-order valence-corrected chi connectivity index (χ0v) is 18.4. The van der Waals surface area contributed by atoms with Crippen LogP contribution in [0.15, 0.2) is 63.0 Å². The first-order valence-corrected chi connectivity index (χ1v) is 11.2. The van der Waals surface area contributed by atoms with Crippen LogP contribution in [0.4, 0.5) is 0 Å². The Hall–Kier alpha value is -3.13. The summed E-state index contributed by atoms with van der Waals surface area (Å²) in [6.45, 7) is 2.54. The van der Waals surface area contributed by atoms with Gasteiger partial charge in [0.1, 0.15) is 5.75 Å². The first-order chi connectivity index (χ1) is 15.2. The van der Waals surface area contributed by atoms with Crippen molar-refractivity contribution in [2.75, 3.05) is 7.11 Å². The Bertz CT molecular complexity index is 1220. The van der Waals surface area contributed by atoms with E-state index in [0.29, 0.717) is 34.2 Å². The van der Waals surface area contributed by atoms with Crippen LogP contribution < -0.4 is 10.3 Å². The number of hydrogen-bond donors (Lipinski definition) is 0. The molecule has 0 aliphatic rings. The van der Waals surface area contributed by atoms with Crippen molar-refractivity contribution in [3.8, 4) is 5.75 Å². The van der Waals surface area contributed by atoms with E-state index in [4.69, 9.17) is 14.2 Å². The van der Waals surface area contributed by atoms with Gasteiger partial charge in [0.2, 0.25) is 5.89 Å². The number of thioether (sulfide) groups is 1. The molecule has 0 atom stereocenters. The second-order valence-electron chi connectivity index (χ2n) is 7.15. The van der Waals surface area contributed by atoms with Gasteiger partial charge in [-0.2, -0.15) is 4.98 Å². The Kier molecular flexibility index (Phi) is 6.66. The minimum Gasteiger partial charge on any atom is -0.497 e. The molecule has 0 unspecified atom stereocenters. The van der Waals surface area contributed by atoms with Crippen molar-refractivity contribution < 1.29 is 9.26 Å². The van der Waals surface area contributed by atoms with E-state index in [1.54, 1.807) is 11.7 Å². The summed E-state index contributed by atoms with van der Waals surface area (Å²) in [5, 5.41) is 5.26. The Balaban J connectivity index is 1.63. The summed E-state index contributed by atoms with van der Waals surface area (Å²) in [6.07, 6.45) is 2.91. The van der Waals surface area contributed by atoms with E-state index in [0.717, 1.165) is 36.4 Å². The fourth-order valence-corrected chi connectivity index (χ4v) is 4.06. The van der Waals surface area contributed by atoms with Crippen LogP contribution in [-0.4, -0.2) is 26.8 Å². The van der Waals surface area contributed by atoms with E-state index in [9.17, 15) is 4.79 Å². The number of aryl methyl sites for hydroxylation is 1. The maximum Gasteiger partial charge on any atom is 0.262 e. The van der Waals surface area contributed by atoms with Gasteiger partial charge in [-0.25, -0.2) is 4.98 Å². The van der Waals surface area contributed by atoms with E-state index >= 15 is 0 Å². The Morgan fingerprint density at radius 2 is 1.90 bits per heavy atom. The highest BCUT2D eigenvalue weighted by Crippen LogP contribution is 2.23. The van der Waals surface area contributed by atoms with Gasteiger partial charge in [-0.3, -0.25) is 9.36 Å². The molecule has 160 valence electrons. The SMILES string of the molecule is CCCCc1noc(CSc2nc3ccccc3c(=O)n2Cc2ccc(OC)cc2)n1. The summed E-state index contributed by atoms with van der Waals surface area (Å²) in [6, 6.07) is 15.1. The molecule has 4 rings (SSSR count). The molecule has 0 aliphatic carbocycles. The number of unbranched alkanes of at least 4 members (excludes halogenated alkanes) is 1. The standard InChI is InChI=1S/C23H24N4O3S/c1-3-4-9-20-25-21(30-26-20)15-31-23-24-19-8-6-5-7-18(19)22(28)27(23)14-16-10-12-17(29-2)13-11-16/h5-8,10-13H,3-4,9,14-15H2,1-2H3. The number of aromatic nitrogens is 4. The molecule has 0 fully saturated rings. The molecule has 0 bridgehead atoms. The number of para-hydroxylation sites is 1. The topological polar surface area (TPSA) is 83.0 Å². The van der Waals surface area contributed by atoms with E-state index in [1.165, 1.54) is 11.8 Å². The molecule has 2 heterocycles. The van der Waals surface area contributed by atoms with Gasteiger partial charge in [-0.05, 0) is 36.2 Å². The van der Waals surface area contributed by atoms with Crippen LogP contribution in [0.3, 0.4) is 0 Å². The predicted octanol–water partition coefficient (Wildman–Crippen LogP) is 4.47. The van der Waals surface area contributed by atoms with Crippen molar-refractivity contribution in [3.05, 3.63) is 76.2 Å². The largest absolute Gasteiger partial charge is 0.497 e. The van der Waals surface area contributed by atoms with Crippen molar-refractivity contribution in [1.82, 2.24) is 19.7 Å². The molecule has 0 saturated heterocycles. The zero-order valence-electron chi connectivity index (χ0n) is 17.6. The highest BCUT2D eigenvalue weighted by Gasteiger charge is 2.14. The smallest absolute Gasteiger partial charge is 0.262 e. The van der Waals surface area contributed by atoms with Gasteiger partial charge in [0.15, 0.2) is 11.0 Å². The van der Waals surface area contributed by atoms with Crippen LogP contribution in [0, 0.1) is 0 Å². The summed E-state index contributed by atoms with van der Waals surface area (Å²) in [5.74, 6) is 2.48. The number of ether oxygens (including phenoxy) is 1. The maximum atomic E-state index is 13.2. The van der Waals surface area contributed by atoms with Crippen LogP contribution in [-0.2, 0) is 18.7 Å². The van der Waals surface area contributed by atoms with Gasteiger partial charge in [-0.1, -0.05) is 54.5 Å². The summed E-state index contributed by atoms with van der Waals surface area (Å²) < 4.78 is 12.3. The minimum absolute atomic E-state index is 0.0712. The second-order valence-corrected chi connectivity index (χ2v) is 8.09. The van der Waals surface area contributed by atoms with E-state index in [1.807, 2.05) is 48.5 Å². The van der Waals surface area contributed by atoms with Crippen molar-refractivity contribution in [1.29, 1.82) is 0 Å². The quantitative estimate of drug-likeness (QED) is 0.283. The summed E-state index contributed by atoms with van der Waals surface area (Å²) in [7, 11) is 1.63. The molecule has 0 N–H and O–H groups in total. The lowest BCUT2D eigenvalue weighted by Gasteiger charge is -2.13. The van der Waals surface area contributed by atoms with Crippen molar-refractivity contribution in [2.24, 2.45) is 0 Å². The molecule has 0 amide bonds. The molecule has 31 heavy (non-hydrogen) atoms. The molecule has 2 aromatic heterocycles. The van der Waals surface area contributed by atoms with Crippen molar-refractivity contribution >= 4 is 22.7 Å². The third-order valence-electron chi connectivity index (χ3n) is 4.92. The third-order valence-corrected chi connectivity index (χ3v) is 5.88. The number of fused-ring (bicyclic) bond motifs is 1. The van der Waals surface area contributed by atoms with E-state index in [2.05, 4.69) is 17.1 Å². The van der Waals surface area contributed by atoms with Gasteiger partial charge >= 0.3 is 0 Å². The number of nitrogens with zero attached hydrogens (tertiary/aromatic N) is 4. The molecule has 2 aromatic carbocycles. The van der Waals surface area contributed by atoms with Crippen LogP contribution >= 0.6 is 11.8 Å². The zero-order chi connectivity index (χ0) is 21.6. The lowest BCUT2D eigenvalue weighted by Crippen LogP contribution is -2.24. The molecule has 0 saturated carbocycles. The Morgan fingerprint density at radius 1 is 1.10 bits per heavy atom. The van der Waals surface area contributed by atoms with Gasteiger partial charge in [0.25, 0.3) is 5.56 Å². The van der Waals surface area contributed by atoms with Crippen LogP contribution in [0.2, 0.25) is 0 Å². The molecular formula is C23H24N4O3S. The second kappa shape index (κ2) is 9.78. The molecule has 0 aliphatic heterocycles. The third kappa shape index (κ3) is 4.96. The number of methoxy groups -OCH3 is 1. The first kappa shape index (κ1) is 21.1. The lowest BCUT2D eigenvalue weighted by atomic mass is 10.2.